The summed E-state index contributed by atoms with van der Waals surface area (Å²) in [6.07, 6.45) is 0. The van der Waals surface area contributed by atoms with Crippen LogP contribution in [-0.2, 0) is 4.74 Å². The fraction of sp³-hybridized carbons (Fsp3) is 0.0667. The highest BCUT2D eigenvalue weighted by molar-refractivity contribution is 8.01. The molecule has 0 bridgehead atoms. The number of esters is 1. The van der Waals surface area contributed by atoms with Crippen molar-refractivity contribution in [2.24, 2.45) is 0 Å². The highest BCUT2D eigenvalue weighted by Crippen LogP contribution is 2.36. The Morgan fingerprint density at radius 1 is 1.29 bits per heavy atom. The first-order valence-electron chi connectivity index (χ1n) is 6.18. The van der Waals surface area contributed by atoms with Gasteiger partial charge in [-0.05, 0) is 30.3 Å². The van der Waals surface area contributed by atoms with Crippen LogP contribution < -0.4 is 5.73 Å². The lowest BCUT2D eigenvalue weighted by Crippen LogP contribution is -2.04. The second kappa shape index (κ2) is 5.75. The molecule has 2 aromatic carbocycles. The topological polar surface area (TPSA) is 65.2 Å². The number of hydrogen-bond donors (Lipinski definition) is 1. The predicted octanol–water partition coefficient (Wildman–Crippen LogP) is 3.82. The van der Waals surface area contributed by atoms with Crippen LogP contribution in [0, 0.1) is 0 Å². The van der Waals surface area contributed by atoms with E-state index in [1.165, 1.54) is 18.9 Å². The number of carbonyl (C=O) groups excluding carboxylic acids is 1. The van der Waals surface area contributed by atoms with Gasteiger partial charge in [-0.15, -0.1) is 11.3 Å². The molecule has 0 aliphatic heterocycles. The highest BCUT2D eigenvalue weighted by atomic mass is 32.2. The molecule has 2 N–H and O–H groups in total. The third kappa shape index (κ3) is 2.86. The Labute approximate surface area is 129 Å². The number of carbonyl (C=O) groups is 1. The molecule has 0 fully saturated rings. The van der Waals surface area contributed by atoms with Crippen molar-refractivity contribution in [3.05, 3.63) is 48.0 Å². The molecule has 0 saturated heterocycles. The van der Waals surface area contributed by atoms with Crippen LogP contribution in [0.2, 0.25) is 0 Å². The summed E-state index contributed by atoms with van der Waals surface area (Å²) in [5, 5.41) is 0. The molecule has 0 spiro atoms. The number of aromatic nitrogens is 1. The lowest BCUT2D eigenvalue weighted by Gasteiger charge is -2.06. The van der Waals surface area contributed by atoms with E-state index < -0.39 is 5.97 Å². The van der Waals surface area contributed by atoms with E-state index in [9.17, 15) is 4.79 Å². The second-order valence-electron chi connectivity index (χ2n) is 4.30. The van der Waals surface area contributed by atoms with E-state index in [1.54, 1.807) is 23.5 Å². The Balaban J connectivity index is 1.99. The van der Waals surface area contributed by atoms with Crippen LogP contribution in [-0.4, -0.2) is 18.1 Å². The van der Waals surface area contributed by atoms with Crippen molar-refractivity contribution >= 4 is 45.0 Å². The fourth-order valence-electron chi connectivity index (χ4n) is 1.89. The van der Waals surface area contributed by atoms with Gasteiger partial charge in [-0.3, -0.25) is 0 Å². The maximum atomic E-state index is 11.8. The van der Waals surface area contributed by atoms with E-state index in [0.717, 1.165) is 19.5 Å². The Bertz CT molecular complexity index is 781. The van der Waals surface area contributed by atoms with Gasteiger partial charge in [0.05, 0.1) is 22.9 Å². The van der Waals surface area contributed by atoms with Gasteiger partial charge in [-0.2, -0.15) is 0 Å². The van der Waals surface area contributed by atoms with E-state index >= 15 is 0 Å². The SMILES string of the molecule is COC(=O)c1cc(N)ccc1Sc1nc2ccccc2s1. The molecule has 3 rings (SSSR count). The third-order valence-electron chi connectivity index (χ3n) is 2.88. The summed E-state index contributed by atoms with van der Waals surface area (Å²) >= 11 is 3.04. The van der Waals surface area contributed by atoms with Crippen LogP contribution in [0.3, 0.4) is 0 Å². The molecule has 0 atom stereocenters. The largest absolute Gasteiger partial charge is 0.465 e. The molecule has 0 unspecified atom stereocenters. The van der Waals surface area contributed by atoms with Crippen molar-refractivity contribution < 1.29 is 9.53 Å². The first-order chi connectivity index (χ1) is 10.2. The molecule has 0 amide bonds. The van der Waals surface area contributed by atoms with Crippen molar-refractivity contribution in [2.45, 2.75) is 9.24 Å². The van der Waals surface area contributed by atoms with Crippen LogP contribution in [0.4, 0.5) is 5.69 Å². The molecule has 3 aromatic rings. The lowest BCUT2D eigenvalue weighted by molar-refractivity contribution is 0.0597. The number of hydrogen-bond acceptors (Lipinski definition) is 6. The average molecular weight is 316 g/mol. The van der Waals surface area contributed by atoms with Crippen molar-refractivity contribution in [2.75, 3.05) is 12.8 Å². The minimum absolute atomic E-state index is 0.397. The Morgan fingerprint density at radius 3 is 2.86 bits per heavy atom. The van der Waals surface area contributed by atoms with E-state index in [1.807, 2.05) is 30.3 Å². The smallest absolute Gasteiger partial charge is 0.339 e. The van der Waals surface area contributed by atoms with Gasteiger partial charge in [0.2, 0.25) is 0 Å². The van der Waals surface area contributed by atoms with Crippen LogP contribution >= 0.6 is 23.1 Å². The van der Waals surface area contributed by atoms with Gasteiger partial charge in [0.15, 0.2) is 4.34 Å². The Kier molecular flexibility index (Phi) is 3.81. The molecule has 1 heterocycles. The minimum Gasteiger partial charge on any atom is -0.465 e. The molecule has 0 aliphatic carbocycles. The van der Waals surface area contributed by atoms with Gasteiger partial charge in [0, 0.05) is 10.6 Å². The molecule has 21 heavy (non-hydrogen) atoms. The van der Waals surface area contributed by atoms with E-state index in [0.29, 0.717) is 11.3 Å². The van der Waals surface area contributed by atoms with Gasteiger partial charge in [-0.25, -0.2) is 9.78 Å². The van der Waals surface area contributed by atoms with Crippen molar-refractivity contribution in [3.8, 4) is 0 Å². The number of ether oxygens (including phenoxy) is 1. The van der Waals surface area contributed by atoms with Gasteiger partial charge in [0.1, 0.15) is 0 Å². The maximum Gasteiger partial charge on any atom is 0.339 e. The molecular formula is C15H12N2O2S2. The van der Waals surface area contributed by atoms with E-state index in [-0.39, 0.29) is 0 Å². The number of anilines is 1. The zero-order valence-electron chi connectivity index (χ0n) is 11.2. The van der Waals surface area contributed by atoms with Gasteiger partial charge in [-0.1, -0.05) is 23.9 Å². The van der Waals surface area contributed by atoms with E-state index in [4.69, 9.17) is 10.5 Å². The molecule has 0 saturated carbocycles. The number of nitrogens with two attached hydrogens (primary N) is 1. The molecular weight excluding hydrogens is 304 g/mol. The summed E-state index contributed by atoms with van der Waals surface area (Å²) in [5.74, 6) is -0.397. The summed E-state index contributed by atoms with van der Waals surface area (Å²) in [4.78, 5) is 17.2. The number of fused-ring (bicyclic) bond motifs is 1. The van der Waals surface area contributed by atoms with Crippen LogP contribution in [0.15, 0.2) is 51.7 Å². The molecule has 6 heteroatoms. The van der Waals surface area contributed by atoms with Gasteiger partial charge in [0.25, 0.3) is 0 Å². The van der Waals surface area contributed by atoms with Crippen LogP contribution in [0.1, 0.15) is 10.4 Å². The quantitative estimate of drug-likeness (QED) is 0.588. The van der Waals surface area contributed by atoms with Crippen molar-refractivity contribution in [1.29, 1.82) is 0 Å². The maximum absolute atomic E-state index is 11.8. The first kappa shape index (κ1) is 13.9. The number of thiazole rings is 1. The molecule has 4 nitrogen and oxygen atoms in total. The predicted molar refractivity (Wildman–Crippen MR) is 85.9 cm³/mol. The van der Waals surface area contributed by atoms with Crippen LogP contribution in [0.25, 0.3) is 10.2 Å². The Hall–Kier alpha value is -2.05. The standard InChI is InChI=1S/C15H12N2O2S2/c1-19-14(18)10-8-9(16)6-7-12(10)20-15-17-11-4-2-3-5-13(11)21-15/h2-8H,16H2,1H3. The zero-order valence-corrected chi connectivity index (χ0v) is 12.8. The summed E-state index contributed by atoms with van der Waals surface area (Å²) < 4.78 is 6.80. The summed E-state index contributed by atoms with van der Waals surface area (Å²) in [7, 11) is 1.36. The second-order valence-corrected chi connectivity index (χ2v) is 6.62. The fourth-order valence-corrected chi connectivity index (χ4v) is 4.02. The monoisotopic (exact) mass is 316 g/mol. The Morgan fingerprint density at radius 2 is 2.10 bits per heavy atom. The molecule has 106 valence electrons. The zero-order chi connectivity index (χ0) is 14.8. The van der Waals surface area contributed by atoms with Crippen LogP contribution in [0.5, 0.6) is 0 Å². The summed E-state index contributed by atoms with van der Waals surface area (Å²) in [6.45, 7) is 0. The van der Waals surface area contributed by atoms with Crippen molar-refractivity contribution in [1.82, 2.24) is 4.98 Å². The van der Waals surface area contributed by atoms with Gasteiger partial charge < -0.3 is 10.5 Å². The number of para-hydroxylation sites is 1. The molecule has 0 radical (unpaired) electrons. The van der Waals surface area contributed by atoms with Crippen molar-refractivity contribution in [3.63, 3.8) is 0 Å². The van der Waals surface area contributed by atoms with E-state index in [2.05, 4.69) is 4.98 Å². The normalized spacial score (nSPS) is 10.7. The summed E-state index contributed by atoms with van der Waals surface area (Å²) in [6, 6.07) is 13.2. The number of nitrogens with zero attached hydrogens (tertiary/aromatic N) is 1. The minimum atomic E-state index is -0.397. The highest BCUT2D eigenvalue weighted by Gasteiger charge is 2.15. The molecule has 1 aromatic heterocycles. The number of benzene rings is 2. The third-order valence-corrected chi connectivity index (χ3v) is 5.05. The first-order valence-corrected chi connectivity index (χ1v) is 7.82. The average Bonchev–Trinajstić information content (AvgIpc) is 2.90. The number of nitrogen functional groups attached to an aromatic ring is 1. The lowest BCUT2D eigenvalue weighted by atomic mass is 10.2. The van der Waals surface area contributed by atoms with Gasteiger partial charge >= 0.3 is 5.97 Å². The molecule has 0 aliphatic rings. The number of rotatable bonds is 3. The number of methoxy groups -OCH3 is 1. The summed E-state index contributed by atoms with van der Waals surface area (Å²) in [5.41, 5.74) is 7.69.